The lowest BCUT2D eigenvalue weighted by Gasteiger charge is -2.20. The zero-order chi connectivity index (χ0) is 24.3. The predicted molar refractivity (Wildman–Crippen MR) is 120 cm³/mol. The smallest absolute Gasteiger partial charge is 0.416 e. The van der Waals surface area contributed by atoms with E-state index in [0.29, 0.717) is 35.7 Å². The SMILES string of the molecule is CC(ONC(N)c1ccc2c(c1)C(=O)N(Cc1ccccc1Oc1ccccc1)C2)C(F)(F)F. The number of amides is 1. The van der Waals surface area contributed by atoms with Crippen LogP contribution in [0.25, 0.3) is 0 Å². The Morgan fingerprint density at radius 2 is 1.76 bits per heavy atom. The normalized spacial score (nSPS) is 15.2. The molecule has 1 heterocycles. The van der Waals surface area contributed by atoms with E-state index in [1.807, 2.05) is 54.6 Å². The van der Waals surface area contributed by atoms with E-state index in [4.69, 9.17) is 10.5 Å². The number of nitrogens with two attached hydrogens (primary N) is 1. The number of carbonyl (C=O) groups excluding carboxylic acids is 1. The second-order valence-electron chi connectivity index (χ2n) is 8.00. The zero-order valence-corrected chi connectivity index (χ0v) is 18.4. The summed E-state index contributed by atoms with van der Waals surface area (Å²) in [4.78, 5) is 19.4. The molecular formula is C25H24F3N3O3. The van der Waals surface area contributed by atoms with E-state index >= 15 is 0 Å². The molecule has 3 aromatic carbocycles. The number of hydroxylamine groups is 1. The molecule has 2 unspecified atom stereocenters. The number of nitrogens with zero attached hydrogens (tertiary/aromatic N) is 1. The van der Waals surface area contributed by atoms with Gasteiger partial charge in [-0.2, -0.15) is 18.7 Å². The van der Waals surface area contributed by atoms with Gasteiger partial charge in [-0.1, -0.05) is 48.5 Å². The minimum Gasteiger partial charge on any atom is -0.457 e. The quantitative estimate of drug-likeness (QED) is 0.355. The van der Waals surface area contributed by atoms with Gasteiger partial charge in [-0.25, -0.2) is 0 Å². The highest BCUT2D eigenvalue weighted by Gasteiger charge is 2.38. The maximum absolute atomic E-state index is 13.1. The van der Waals surface area contributed by atoms with Crippen LogP contribution in [0.4, 0.5) is 13.2 Å². The molecule has 0 bridgehead atoms. The van der Waals surface area contributed by atoms with Crippen molar-refractivity contribution in [3.05, 3.63) is 95.1 Å². The molecule has 0 radical (unpaired) electrons. The summed E-state index contributed by atoms with van der Waals surface area (Å²) in [6.07, 6.45) is -7.57. The van der Waals surface area contributed by atoms with Gasteiger partial charge in [-0.3, -0.25) is 9.63 Å². The van der Waals surface area contributed by atoms with Crippen LogP contribution < -0.4 is 16.0 Å². The van der Waals surface area contributed by atoms with Crippen molar-refractivity contribution >= 4 is 5.91 Å². The highest BCUT2D eigenvalue weighted by atomic mass is 19.4. The highest BCUT2D eigenvalue weighted by Crippen LogP contribution is 2.31. The summed E-state index contributed by atoms with van der Waals surface area (Å²) in [6.45, 7) is 1.62. The largest absolute Gasteiger partial charge is 0.457 e. The number of para-hydroxylation sites is 2. The number of fused-ring (bicyclic) bond motifs is 1. The second-order valence-corrected chi connectivity index (χ2v) is 8.00. The molecule has 1 aliphatic heterocycles. The number of alkyl halides is 3. The molecule has 3 N–H and O–H groups in total. The fraction of sp³-hybridized carbons (Fsp3) is 0.240. The number of hydrogen-bond acceptors (Lipinski definition) is 5. The van der Waals surface area contributed by atoms with Crippen molar-refractivity contribution in [2.75, 3.05) is 0 Å². The first-order valence-corrected chi connectivity index (χ1v) is 10.7. The summed E-state index contributed by atoms with van der Waals surface area (Å²) < 4.78 is 43.9. The van der Waals surface area contributed by atoms with Crippen LogP contribution in [0.3, 0.4) is 0 Å². The number of ether oxygens (including phenoxy) is 1. The van der Waals surface area contributed by atoms with Crippen molar-refractivity contribution in [2.45, 2.75) is 38.5 Å². The fourth-order valence-electron chi connectivity index (χ4n) is 3.57. The maximum atomic E-state index is 13.1. The van der Waals surface area contributed by atoms with Crippen LogP contribution in [-0.4, -0.2) is 23.1 Å². The van der Waals surface area contributed by atoms with Gasteiger partial charge in [0.15, 0.2) is 6.10 Å². The Hall–Kier alpha value is -3.40. The number of nitrogens with one attached hydrogen (secondary N) is 1. The van der Waals surface area contributed by atoms with Crippen LogP contribution >= 0.6 is 0 Å². The van der Waals surface area contributed by atoms with Gasteiger partial charge in [0, 0.05) is 17.7 Å². The van der Waals surface area contributed by atoms with Gasteiger partial charge in [-0.15, -0.1) is 0 Å². The first-order chi connectivity index (χ1) is 16.2. The van der Waals surface area contributed by atoms with E-state index < -0.39 is 18.4 Å². The predicted octanol–water partition coefficient (Wildman–Crippen LogP) is 5.06. The lowest BCUT2D eigenvalue weighted by atomic mass is 10.0. The number of hydrogen-bond donors (Lipinski definition) is 2. The molecule has 178 valence electrons. The summed E-state index contributed by atoms with van der Waals surface area (Å²) in [7, 11) is 0. The Morgan fingerprint density at radius 3 is 2.50 bits per heavy atom. The Balaban J connectivity index is 1.45. The van der Waals surface area contributed by atoms with Crippen LogP contribution in [0.1, 0.15) is 40.1 Å². The van der Waals surface area contributed by atoms with Crippen molar-refractivity contribution in [1.82, 2.24) is 10.4 Å². The molecule has 0 saturated heterocycles. The van der Waals surface area contributed by atoms with Crippen LogP contribution in [0.15, 0.2) is 72.8 Å². The molecule has 0 saturated carbocycles. The van der Waals surface area contributed by atoms with Crippen LogP contribution in [-0.2, 0) is 17.9 Å². The van der Waals surface area contributed by atoms with E-state index in [0.717, 1.165) is 18.1 Å². The van der Waals surface area contributed by atoms with Crippen molar-refractivity contribution in [3.8, 4) is 11.5 Å². The average Bonchev–Trinajstić information content (AvgIpc) is 3.13. The Morgan fingerprint density at radius 1 is 1.06 bits per heavy atom. The summed E-state index contributed by atoms with van der Waals surface area (Å²) in [6, 6.07) is 21.9. The van der Waals surface area contributed by atoms with Crippen molar-refractivity contribution in [3.63, 3.8) is 0 Å². The molecule has 1 aliphatic rings. The number of carbonyl (C=O) groups is 1. The molecule has 6 nitrogen and oxygen atoms in total. The van der Waals surface area contributed by atoms with Gasteiger partial charge in [0.05, 0.1) is 6.54 Å². The van der Waals surface area contributed by atoms with Crippen molar-refractivity contribution in [2.24, 2.45) is 5.73 Å². The first-order valence-electron chi connectivity index (χ1n) is 10.7. The third-order valence-electron chi connectivity index (χ3n) is 5.51. The van der Waals surface area contributed by atoms with Gasteiger partial charge < -0.3 is 15.4 Å². The van der Waals surface area contributed by atoms with Gasteiger partial charge in [0.1, 0.15) is 17.7 Å². The molecule has 3 aromatic rings. The molecule has 34 heavy (non-hydrogen) atoms. The monoisotopic (exact) mass is 471 g/mol. The molecular weight excluding hydrogens is 447 g/mol. The van der Waals surface area contributed by atoms with Gasteiger partial charge in [0.25, 0.3) is 5.91 Å². The number of benzene rings is 3. The van der Waals surface area contributed by atoms with Crippen molar-refractivity contribution < 1.29 is 27.5 Å². The minimum atomic E-state index is -4.51. The average molecular weight is 471 g/mol. The Labute approximate surface area is 195 Å². The molecule has 4 rings (SSSR count). The van der Waals surface area contributed by atoms with Crippen LogP contribution in [0.2, 0.25) is 0 Å². The van der Waals surface area contributed by atoms with Crippen molar-refractivity contribution in [1.29, 1.82) is 0 Å². The van der Waals surface area contributed by atoms with E-state index in [1.165, 1.54) is 0 Å². The van der Waals surface area contributed by atoms with E-state index in [1.54, 1.807) is 23.1 Å². The Bertz CT molecular complexity index is 1150. The zero-order valence-electron chi connectivity index (χ0n) is 18.4. The second kappa shape index (κ2) is 9.84. The fourth-order valence-corrected chi connectivity index (χ4v) is 3.57. The number of rotatable bonds is 8. The third-order valence-corrected chi connectivity index (χ3v) is 5.51. The van der Waals surface area contributed by atoms with Gasteiger partial charge in [-0.05, 0) is 42.3 Å². The third kappa shape index (κ3) is 5.39. The van der Waals surface area contributed by atoms with Gasteiger partial charge >= 0.3 is 6.18 Å². The Kier molecular flexibility index (Phi) is 6.87. The molecule has 0 spiro atoms. The minimum absolute atomic E-state index is 0.192. The summed E-state index contributed by atoms with van der Waals surface area (Å²) >= 11 is 0. The molecule has 0 aromatic heterocycles. The van der Waals surface area contributed by atoms with Crippen LogP contribution in [0, 0.1) is 0 Å². The highest BCUT2D eigenvalue weighted by molar-refractivity contribution is 5.98. The van der Waals surface area contributed by atoms with E-state index in [9.17, 15) is 18.0 Å². The summed E-state index contributed by atoms with van der Waals surface area (Å²) in [5, 5.41) is 0. The summed E-state index contributed by atoms with van der Waals surface area (Å²) in [5.74, 6) is 1.16. The lowest BCUT2D eigenvalue weighted by Crippen LogP contribution is -2.38. The van der Waals surface area contributed by atoms with Gasteiger partial charge in [0.2, 0.25) is 0 Å². The molecule has 1 amide bonds. The van der Waals surface area contributed by atoms with Crippen LogP contribution in [0.5, 0.6) is 11.5 Å². The maximum Gasteiger partial charge on any atom is 0.416 e. The standard InChI is InChI=1S/C25H24F3N3O3/c1-16(25(26,27)28)34-30-23(29)17-11-12-18-14-31(24(32)21(18)13-17)15-19-7-5-6-10-22(19)33-20-8-3-2-4-9-20/h2-13,16,23,30H,14-15,29H2,1H3. The lowest BCUT2D eigenvalue weighted by molar-refractivity contribution is -0.235. The molecule has 2 atom stereocenters. The van der Waals surface area contributed by atoms with E-state index in [2.05, 4.69) is 10.3 Å². The molecule has 0 fully saturated rings. The summed E-state index contributed by atoms with van der Waals surface area (Å²) in [5.41, 5.74) is 10.7. The molecule has 9 heteroatoms. The molecule has 0 aliphatic carbocycles. The first kappa shape index (κ1) is 23.7. The number of halogens is 3. The topological polar surface area (TPSA) is 76.8 Å². The van der Waals surface area contributed by atoms with E-state index in [-0.39, 0.29) is 5.91 Å².